The lowest BCUT2D eigenvalue weighted by Gasteiger charge is -2.09. The first kappa shape index (κ1) is 22.5. The van der Waals surface area contributed by atoms with Crippen LogP contribution < -0.4 is 5.32 Å². The minimum atomic E-state index is -0.351. The van der Waals surface area contributed by atoms with Gasteiger partial charge in [-0.25, -0.2) is 14.8 Å². The van der Waals surface area contributed by atoms with Crippen LogP contribution in [0.2, 0.25) is 0 Å². The summed E-state index contributed by atoms with van der Waals surface area (Å²) in [7, 11) is 0. The van der Waals surface area contributed by atoms with Crippen molar-refractivity contribution in [2.24, 2.45) is 0 Å². The van der Waals surface area contributed by atoms with Gasteiger partial charge in [-0.3, -0.25) is 4.79 Å². The van der Waals surface area contributed by atoms with Crippen LogP contribution in [-0.2, 0) is 16.1 Å². The van der Waals surface area contributed by atoms with Gasteiger partial charge in [-0.1, -0.05) is 43.7 Å². The number of unbranched alkanes of at least 4 members (excludes halogenated alkanes) is 1. The van der Waals surface area contributed by atoms with Crippen LogP contribution in [0.15, 0.2) is 72.8 Å². The van der Waals surface area contributed by atoms with Crippen LogP contribution in [-0.4, -0.2) is 33.0 Å². The summed E-state index contributed by atoms with van der Waals surface area (Å²) < 4.78 is 7.28. The average molecular weight is 467 g/mol. The molecule has 0 spiro atoms. The van der Waals surface area contributed by atoms with E-state index in [9.17, 15) is 9.59 Å². The maximum atomic E-state index is 12.7. The Morgan fingerprint density at radius 3 is 2.40 bits per heavy atom. The van der Waals surface area contributed by atoms with Crippen molar-refractivity contribution < 1.29 is 14.3 Å². The maximum absolute atomic E-state index is 12.7. The van der Waals surface area contributed by atoms with Gasteiger partial charge in [-0.15, -0.1) is 0 Å². The molecule has 1 N–H and O–H groups in total. The van der Waals surface area contributed by atoms with Crippen molar-refractivity contribution in [2.45, 2.75) is 32.7 Å². The third-order valence-electron chi connectivity index (χ3n) is 5.96. The number of aryl methyl sites for hydroxylation is 1. The number of ether oxygens (including phenoxy) is 1. The molecule has 7 heteroatoms. The van der Waals surface area contributed by atoms with E-state index in [1.54, 1.807) is 24.3 Å². The fourth-order valence-corrected chi connectivity index (χ4v) is 4.13. The lowest BCUT2D eigenvalue weighted by atomic mass is 10.2. The molecule has 0 radical (unpaired) electrons. The fraction of sp³-hybridized carbons (Fsp3) is 0.214. The Kier molecular flexibility index (Phi) is 6.39. The molecule has 0 aliphatic heterocycles. The number of para-hydroxylation sites is 3. The van der Waals surface area contributed by atoms with Crippen molar-refractivity contribution in [1.29, 1.82) is 0 Å². The normalized spacial score (nSPS) is 11.2. The molecule has 3 aromatic carbocycles. The zero-order valence-corrected chi connectivity index (χ0v) is 19.5. The standard InChI is InChI=1S/C28H26N4O3/c1-2-3-18-35-28(34)19-12-14-20(15-13-19)29-25(33)16-17-32-24-11-7-4-8-21(24)26-27(32)31-23-10-6-5-9-22(23)30-26/h4-15H,2-3,16-18H2,1H3,(H,29,33). The number of esters is 1. The molecule has 7 nitrogen and oxygen atoms in total. The van der Waals surface area contributed by atoms with Crippen LogP contribution in [0.5, 0.6) is 0 Å². The maximum Gasteiger partial charge on any atom is 0.338 e. The molecular formula is C28H26N4O3. The predicted molar refractivity (Wildman–Crippen MR) is 137 cm³/mol. The second-order valence-corrected chi connectivity index (χ2v) is 8.42. The van der Waals surface area contributed by atoms with Gasteiger partial charge in [0.05, 0.1) is 28.7 Å². The fourth-order valence-electron chi connectivity index (χ4n) is 4.13. The van der Waals surface area contributed by atoms with Crippen molar-refractivity contribution in [3.05, 3.63) is 78.4 Å². The van der Waals surface area contributed by atoms with E-state index in [-0.39, 0.29) is 18.3 Å². The first-order valence-corrected chi connectivity index (χ1v) is 11.8. The van der Waals surface area contributed by atoms with E-state index in [0.717, 1.165) is 45.9 Å². The molecule has 0 bridgehead atoms. The van der Waals surface area contributed by atoms with Crippen molar-refractivity contribution >= 4 is 50.7 Å². The summed E-state index contributed by atoms with van der Waals surface area (Å²) in [5.74, 6) is -0.473. The monoisotopic (exact) mass is 466 g/mol. The molecule has 0 saturated carbocycles. The minimum Gasteiger partial charge on any atom is -0.462 e. The quantitative estimate of drug-likeness (QED) is 0.233. The van der Waals surface area contributed by atoms with E-state index in [0.29, 0.717) is 24.4 Å². The summed E-state index contributed by atoms with van der Waals surface area (Å²) in [6, 6.07) is 22.6. The number of anilines is 1. The lowest BCUT2D eigenvalue weighted by Crippen LogP contribution is -2.15. The number of hydrogen-bond donors (Lipinski definition) is 1. The Morgan fingerprint density at radius 2 is 1.63 bits per heavy atom. The van der Waals surface area contributed by atoms with Gasteiger partial charge in [-0.05, 0) is 48.9 Å². The van der Waals surface area contributed by atoms with E-state index in [2.05, 4.69) is 9.88 Å². The molecular weight excluding hydrogens is 440 g/mol. The topological polar surface area (TPSA) is 86.1 Å². The molecule has 0 aliphatic rings. The summed E-state index contributed by atoms with van der Waals surface area (Å²) in [5, 5.41) is 3.92. The highest BCUT2D eigenvalue weighted by atomic mass is 16.5. The van der Waals surface area contributed by atoms with Crippen LogP contribution in [0.1, 0.15) is 36.5 Å². The van der Waals surface area contributed by atoms with E-state index in [1.807, 2.05) is 55.5 Å². The average Bonchev–Trinajstić information content (AvgIpc) is 3.19. The number of rotatable bonds is 8. The van der Waals surface area contributed by atoms with E-state index < -0.39 is 0 Å². The van der Waals surface area contributed by atoms with Gasteiger partial charge in [0.1, 0.15) is 5.52 Å². The summed E-state index contributed by atoms with van der Waals surface area (Å²) in [6.45, 7) is 2.92. The smallest absolute Gasteiger partial charge is 0.338 e. The number of aromatic nitrogens is 3. The highest BCUT2D eigenvalue weighted by molar-refractivity contribution is 6.06. The SMILES string of the molecule is CCCCOC(=O)c1ccc(NC(=O)CCn2c3ccccc3c3nc4ccccc4nc32)cc1. The molecule has 5 rings (SSSR count). The van der Waals surface area contributed by atoms with E-state index in [1.165, 1.54) is 0 Å². The third-order valence-corrected chi connectivity index (χ3v) is 5.96. The second-order valence-electron chi connectivity index (χ2n) is 8.42. The van der Waals surface area contributed by atoms with Gasteiger partial charge >= 0.3 is 5.97 Å². The molecule has 2 heterocycles. The van der Waals surface area contributed by atoms with Crippen LogP contribution in [0.3, 0.4) is 0 Å². The Hall–Kier alpha value is -4.26. The molecule has 0 aliphatic carbocycles. The summed E-state index contributed by atoms with van der Waals surface area (Å²) >= 11 is 0. The Bertz CT molecular complexity index is 1520. The summed E-state index contributed by atoms with van der Waals surface area (Å²) in [6.07, 6.45) is 2.08. The zero-order chi connectivity index (χ0) is 24.2. The number of hydrogen-bond acceptors (Lipinski definition) is 5. The molecule has 0 atom stereocenters. The van der Waals surface area contributed by atoms with Crippen LogP contribution in [0.25, 0.3) is 33.1 Å². The number of amides is 1. The first-order chi connectivity index (χ1) is 17.1. The van der Waals surface area contributed by atoms with E-state index in [4.69, 9.17) is 14.7 Å². The highest BCUT2D eigenvalue weighted by Crippen LogP contribution is 2.28. The molecule has 1 amide bonds. The Labute approximate surface area is 202 Å². The van der Waals surface area contributed by atoms with Crippen LogP contribution in [0, 0.1) is 0 Å². The van der Waals surface area contributed by atoms with Gasteiger partial charge in [0.25, 0.3) is 0 Å². The van der Waals surface area contributed by atoms with E-state index >= 15 is 0 Å². The number of carbonyl (C=O) groups excluding carboxylic acids is 2. The zero-order valence-electron chi connectivity index (χ0n) is 19.5. The minimum absolute atomic E-state index is 0.122. The lowest BCUT2D eigenvalue weighted by molar-refractivity contribution is -0.116. The Balaban J connectivity index is 1.31. The second kappa shape index (κ2) is 9.93. The number of benzene rings is 3. The number of nitrogens with zero attached hydrogens (tertiary/aromatic N) is 3. The first-order valence-electron chi connectivity index (χ1n) is 11.8. The van der Waals surface area contributed by atoms with Crippen molar-refractivity contribution in [2.75, 3.05) is 11.9 Å². The molecule has 0 unspecified atom stereocenters. The molecule has 0 fully saturated rings. The molecule has 2 aromatic heterocycles. The molecule has 5 aromatic rings. The Morgan fingerprint density at radius 1 is 0.914 bits per heavy atom. The predicted octanol–water partition coefficient (Wildman–Crippen LogP) is 5.72. The van der Waals surface area contributed by atoms with Gasteiger partial charge in [0.15, 0.2) is 5.65 Å². The van der Waals surface area contributed by atoms with Crippen LogP contribution >= 0.6 is 0 Å². The van der Waals surface area contributed by atoms with Crippen molar-refractivity contribution in [1.82, 2.24) is 14.5 Å². The molecule has 35 heavy (non-hydrogen) atoms. The largest absolute Gasteiger partial charge is 0.462 e. The van der Waals surface area contributed by atoms with Gasteiger partial charge in [0, 0.05) is 24.0 Å². The summed E-state index contributed by atoms with van der Waals surface area (Å²) in [5.41, 5.74) is 5.37. The molecule has 0 saturated heterocycles. The van der Waals surface area contributed by atoms with Gasteiger partial charge in [-0.2, -0.15) is 0 Å². The van der Waals surface area contributed by atoms with Gasteiger partial charge < -0.3 is 14.6 Å². The highest BCUT2D eigenvalue weighted by Gasteiger charge is 2.15. The van der Waals surface area contributed by atoms with Gasteiger partial charge in [0.2, 0.25) is 5.91 Å². The number of fused-ring (bicyclic) bond motifs is 4. The summed E-state index contributed by atoms with van der Waals surface area (Å²) in [4.78, 5) is 34.5. The third kappa shape index (κ3) is 4.71. The number of nitrogens with one attached hydrogen (secondary N) is 1. The number of carbonyl (C=O) groups is 2. The van der Waals surface area contributed by atoms with Crippen LogP contribution in [0.4, 0.5) is 5.69 Å². The van der Waals surface area contributed by atoms with Crippen molar-refractivity contribution in [3.8, 4) is 0 Å². The molecule has 176 valence electrons. The van der Waals surface area contributed by atoms with Crippen molar-refractivity contribution in [3.63, 3.8) is 0 Å².